The molecule has 1 aliphatic carbocycles. The zero-order valence-electron chi connectivity index (χ0n) is 17.6. The van der Waals surface area contributed by atoms with E-state index in [0.717, 1.165) is 40.8 Å². The van der Waals surface area contributed by atoms with Gasteiger partial charge < -0.3 is 5.32 Å². The molecule has 0 saturated heterocycles. The summed E-state index contributed by atoms with van der Waals surface area (Å²) < 4.78 is 2.14. The molecule has 0 atom stereocenters. The van der Waals surface area contributed by atoms with Gasteiger partial charge in [0, 0.05) is 17.3 Å². The first-order chi connectivity index (χ1) is 14.6. The number of nitrogens with one attached hydrogen (secondary N) is 1. The van der Waals surface area contributed by atoms with Gasteiger partial charge in [-0.1, -0.05) is 66.9 Å². The number of carbonyl (C=O) groups is 1. The van der Waals surface area contributed by atoms with E-state index < -0.39 is 0 Å². The summed E-state index contributed by atoms with van der Waals surface area (Å²) in [5.74, 6) is 1.72. The van der Waals surface area contributed by atoms with Crippen LogP contribution in [0.15, 0.2) is 53.7 Å². The Labute approximate surface area is 182 Å². The Hall–Kier alpha value is -2.60. The lowest BCUT2D eigenvalue weighted by Crippen LogP contribution is -2.16. The molecule has 3 aromatic rings. The highest BCUT2D eigenvalue weighted by atomic mass is 32.2. The summed E-state index contributed by atoms with van der Waals surface area (Å²) >= 11 is 1.44. The summed E-state index contributed by atoms with van der Waals surface area (Å²) in [6.45, 7) is 4.06. The van der Waals surface area contributed by atoms with E-state index in [1.54, 1.807) is 0 Å². The number of para-hydroxylation sites is 1. The van der Waals surface area contributed by atoms with Crippen molar-refractivity contribution >= 4 is 23.4 Å². The van der Waals surface area contributed by atoms with Crippen molar-refractivity contribution in [2.45, 2.75) is 57.0 Å². The quantitative estimate of drug-likeness (QED) is 0.523. The molecule has 6 heteroatoms. The van der Waals surface area contributed by atoms with Gasteiger partial charge in [-0.3, -0.25) is 9.36 Å². The Balaban J connectivity index is 1.52. The molecule has 5 nitrogen and oxygen atoms in total. The zero-order valence-corrected chi connectivity index (χ0v) is 18.4. The van der Waals surface area contributed by atoms with Gasteiger partial charge in [0.25, 0.3) is 0 Å². The Morgan fingerprint density at radius 1 is 1.07 bits per heavy atom. The second-order valence-electron chi connectivity index (χ2n) is 8.00. The van der Waals surface area contributed by atoms with Crippen LogP contribution in [-0.2, 0) is 4.79 Å². The van der Waals surface area contributed by atoms with E-state index in [9.17, 15) is 4.79 Å². The lowest BCUT2D eigenvalue weighted by Gasteiger charge is -2.22. The molecule has 30 heavy (non-hydrogen) atoms. The molecule has 1 aliphatic rings. The van der Waals surface area contributed by atoms with Gasteiger partial charge in [-0.15, -0.1) is 10.2 Å². The van der Waals surface area contributed by atoms with E-state index >= 15 is 0 Å². The van der Waals surface area contributed by atoms with Crippen LogP contribution < -0.4 is 5.32 Å². The Kier molecular flexibility index (Phi) is 6.53. The van der Waals surface area contributed by atoms with Crippen molar-refractivity contribution in [3.05, 3.63) is 65.5 Å². The molecule has 0 radical (unpaired) electrons. The molecule has 1 amide bonds. The Bertz CT molecular complexity index is 1010. The van der Waals surface area contributed by atoms with Crippen molar-refractivity contribution in [1.29, 1.82) is 0 Å². The maximum Gasteiger partial charge on any atom is 0.234 e. The van der Waals surface area contributed by atoms with E-state index in [4.69, 9.17) is 0 Å². The number of amides is 1. The number of hydrogen-bond donors (Lipinski definition) is 1. The number of thioether (sulfide) groups is 1. The number of anilines is 1. The van der Waals surface area contributed by atoms with Gasteiger partial charge in [0.2, 0.25) is 5.91 Å². The van der Waals surface area contributed by atoms with Crippen molar-refractivity contribution in [3.63, 3.8) is 0 Å². The zero-order chi connectivity index (χ0) is 20.9. The van der Waals surface area contributed by atoms with Crippen molar-refractivity contribution in [1.82, 2.24) is 14.8 Å². The molecule has 0 spiro atoms. The maximum absolute atomic E-state index is 12.6. The van der Waals surface area contributed by atoms with Crippen molar-refractivity contribution in [2.24, 2.45) is 0 Å². The third kappa shape index (κ3) is 4.75. The molecule has 2 aromatic carbocycles. The van der Waals surface area contributed by atoms with Crippen molar-refractivity contribution < 1.29 is 4.79 Å². The van der Waals surface area contributed by atoms with Crippen molar-refractivity contribution in [3.8, 4) is 5.69 Å². The first-order valence-electron chi connectivity index (χ1n) is 10.6. The van der Waals surface area contributed by atoms with Crippen LogP contribution in [0.3, 0.4) is 0 Å². The molecule has 1 N–H and O–H groups in total. The van der Waals surface area contributed by atoms with E-state index in [-0.39, 0.29) is 5.91 Å². The smallest absolute Gasteiger partial charge is 0.234 e. The highest BCUT2D eigenvalue weighted by Crippen LogP contribution is 2.34. The standard InChI is InChI=1S/C24H28N4OS/c1-17-13-14-21(18(2)15-17)25-22(29)16-30-24-27-26-23(19-9-5-3-6-10-19)28(24)20-11-7-4-8-12-20/h4,7-8,11-15,19H,3,5-6,9-10,16H2,1-2H3,(H,25,29). The second kappa shape index (κ2) is 9.47. The normalized spacial score (nSPS) is 14.6. The van der Waals surface area contributed by atoms with Crippen LogP contribution in [0.1, 0.15) is 55.0 Å². The summed E-state index contributed by atoms with van der Waals surface area (Å²) in [6, 6.07) is 16.3. The Morgan fingerprint density at radius 2 is 1.83 bits per heavy atom. The third-order valence-corrected chi connectivity index (χ3v) is 6.56. The molecule has 1 aromatic heterocycles. The first kappa shape index (κ1) is 20.7. The topological polar surface area (TPSA) is 59.8 Å². The number of aryl methyl sites for hydroxylation is 2. The van der Waals surface area contributed by atoms with E-state index in [1.807, 2.05) is 37.3 Å². The molecular weight excluding hydrogens is 392 g/mol. The summed E-state index contributed by atoms with van der Waals surface area (Å²) in [5.41, 5.74) is 4.17. The van der Waals surface area contributed by atoms with Crippen LogP contribution >= 0.6 is 11.8 Å². The first-order valence-corrected chi connectivity index (χ1v) is 11.6. The summed E-state index contributed by atoms with van der Waals surface area (Å²) in [4.78, 5) is 12.6. The minimum Gasteiger partial charge on any atom is -0.325 e. The largest absolute Gasteiger partial charge is 0.325 e. The average Bonchev–Trinajstić information content (AvgIpc) is 3.19. The highest BCUT2D eigenvalue weighted by Gasteiger charge is 2.24. The summed E-state index contributed by atoms with van der Waals surface area (Å²) in [5, 5.41) is 12.8. The van der Waals surface area contributed by atoms with E-state index in [2.05, 4.69) is 45.2 Å². The molecule has 1 heterocycles. The van der Waals surface area contributed by atoms with E-state index in [1.165, 1.54) is 36.6 Å². The SMILES string of the molecule is Cc1ccc(NC(=O)CSc2nnc(C3CCCCC3)n2-c2ccccc2)c(C)c1. The molecule has 1 fully saturated rings. The Morgan fingerprint density at radius 3 is 2.57 bits per heavy atom. The van der Waals surface area contributed by atoms with Crippen LogP contribution in [0.2, 0.25) is 0 Å². The molecule has 4 rings (SSSR count). The van der Waals surface area contributed by atoms with Crippen LogP contribution in [0.25, 0.3) is 5.69 Å². The fourth-order valence-corrected chi connectivity index (χ4v) is 4.85. The van der Waals surface area contributed by atoms with Gasteiger partial charge in [-0.25, -0.2) is 0 Å². The van der Waals surface area contributed by atoms with Gasteiger partial charge >= 0.3 is 0 Å². The minimum absolute atomic E-state index is 0.0335. The highest BCUT2D eigenvalue weighted by molar-refractivity contribution is 7.99. The van der Waals surface area contributed by atoms with Crippen LogP contribution in [0, 0.1) is 13.8 Å². The van der Waals surface area contributed by atoms with Crippen LogP contribution in [0.4, 0.5) is 5.69 Å². The fraction of sp³-hybridized carbons (Fsp3) is 0.375. The van der Waals surface area contributed by atoms with Gasteiger partial charge in [-0.2, -0.15) is 0 Å². The van der Waals surface area contributed by atoms with Crippen LogP contribution in [-0.4, -0.2) is 26.4 Å². The predicted molar refractivity (Wildman–Crippen MR) is 122 cm³/mol. The van der Waals surface area contributed by atoms with E-state index in [0.29, 0.717) is 11.7 Å². The van der Waals surface area contributed by atoms with Crippen molar-refractivity contribution in [2.75, 3.05) is 11.1 Å². The molecule has 0 unspecified atom stereocenters. The average molecular weight is 421 g/mol. The van der Waals surface area contributed by atoms with Gasteiger partial charge in [0.1, 0.15) is 5.82 Å². The lowest BCUT2D eigenvalue weighted by atomic mass is 9.88. The molecule has 0 bridgehead atoms. The van der Waals surface area contributed by atoms with Gasteiger partial charge in [0.15, 0.2) is 5.16 Å². The molecule has 0 aliphatic heterocycles. The monoisotopic (exact) mass is 420 g/mol. The molecular formula is C24H28N4OS. The lowest BCUT2D eigenvalue weighted by molar-refractivity contribution is -0.113. The van der Waals surface area contributed by atoms with Crippen LogP contribution in [0.5, 0.6) is 0 Å². The molecule has 1 saturated carbocycles. The summed E-state index contributed by atoms with van der Waals surface area (Å²) in [7, 11) is 0. The number of nitrogens with zero attached hydrogens (tertiary/aromatic N) is 3. The number of aromatic nitrogens is 3. The number of carbonyl (C=O) groups excluding carboxylic acids is 1. The number of benzene rings is 2. The second-order valence-corrected chi connectivity index (χ2v) is 8.94. The predicted octanol–water partition coefficient (Wildman–Crippen LogP) is 5.66. The summed E-state index contributed by atoms with van der Waals surface area (Å²) in [6.07, 6.45) is 6.10. The fourth-order valence-electron chi connectivity index (χ4n) is 4.09. The number of rotatable bonds is 6. The molecule has 156 valence electrons. The van der Waals surface area contributed by atoms with Gasteiger partial charge in [-0.05, 0) is 50.5 Å². The minimum atomic E-state index is -0.0335. The third-order valence-electron chi connectivity index (χ3n) is 5.63. The number of hydrogen-bond acceptors (Lipinski definition) is 4. The maximum atomic E-state index is 12.6. The van der Waals surface area contributed by atoms with Gasteiger partial charge in [0.05, 0.1) is 5.75 Å².